The summed E-state index contributed by atoms with van der Waals surface area (Å²) in [5.41, 5.74) is 0.971. The van der Waals surface area contributed by atoms with Crippen LogP contribution in [-0.2, 0) is 0 Å². The van der Waals surface area contributed by atoms with E-state index >= 15 is 0 Å². The lowest BCUT2D eigenvalue weighted by Crippen LogP contribution is -2.16. The van der Waals surface area contributed by atoms with Crippen molar-refractivity contribution in [1.29, 1.82) is 0 Å². The molecule has 2 aromatic rings. The molecule has 1 atom stereocenters. The quantitative estimate of drug-likeness (QED) is 0.675. The van der Waals surface area contributed by atoms with Crippen LogP contribution in [0.3, 0.4) is 0 Å². The van der Waals surface area contributed by atoms with Gasteiger partial charge in [-0.15, -0.1) is 12.4 Å². The molecule has 3 N–H and O–H groups in total. The van der Waals surface area contributed by atoms with Gasteiger partial charge in [-0.05, 0) is 43.4 Å². The van der Waals surface area contributed by atoms with Crippen LogP contribution in [0.4, 0.5) is 0 Å². The molecule has 2 rings (SSSR count). The highest BCUT2D eigenvalue weighted by molar-refractivity contribution is 5.85. The van der Waals surface area contributed by atoms with E-state index in [1.807, 2.05) is 31.3 Å². The summed E-state index contributed by atoms with van der Waals surface area (Å²) in [6, 6.07) is 12.3. The van der Waals surface area contributed by atoms with Crippen LogP contribution in [0, 0.1) is 0 Å². The zero-order chi connectivity index (χ0) is 15.9. The lowest BCUT2D eigenvalue weighted by molar-refractivity contribution is 0.186. The minimum Gasteiger partial charge on any atom is -0.504 e. The molecule has 6 heteroatoms. The van der Waals surface area contributed by atoms with Gasteiger partial charge in [0.2, 0.25) is 5.75 Å². The first-order valence-electron chi connectivity index (χ1n) is 7.12. The largest absolute Gasteiger partial charge is 0.504 e. The van der Waals surface area contributed by atoms with E-state index in [1.54, 1.807) is 19.2 Å². The number of aromatic hydroxyl groups is 2. The second kappa shape index (κ2) is 9.12. The number of methoxy groups -OCH3 is 1. The Balaban J connectivity index is 0.00000264. The highest BCUT2D eigenvalue weighted by Crippen LogP contribution is 2.37. The Kier molecular flexibility index (Phi) is 7.51. The summed E-state index contributed by atoms with van der Waals surface area (Å²) in [7, 11) is 3.49. The van der Waals surface area contributed by atoms with E-state index in [0.717, 1.165) is 24.3 Å². The molecule has 0 fully saturated rings. The Hall–Kier alpha value is -2.11. The number of ether oxygens (including phenoxy) is 2. The van der Waals surface area contributed by atoms with Crippen LogP contribution >= 0.6 is 12.4 Å². The lowest BCUT2D eigenvalue weighted by Gasteiger charge is -2.20. The number of nitrogens with one attached hydrogen (secondary N) is 1. The van der Waals surface area contributed by atoms with Crippen LogP contribution in [-0.4, -0.2) is 30.9 Å². The fourth-order valence-electron chi connectivity index (χ4n) is 2.15. The highest BCUT2D eigenvalue weighted by atomic mass is 35.5. The van der Waals surface area contributed by atoms with Gasteiger partial charge in [0.1, 0.15) is 11.9 Å². The summed E-state index contributed by atoms with van der Waals surface area (Å²) in [6.45, 7) is 0.760. The average molecular weight is 340 g/mol. The minimum atomic E-state index is -0.245. The fourth-order valence-corrected chi connectivity index (χ4v) is 2.15. The predicted molar refractivity (Wildman–Crippen MR) is 91.9 cm³/mol. The van der Waals surface area contributed by atoms with Crippen molar-refractivity contribution >= 4 is 12.4 Å². The van der Waals surface area contributed by atoms with Crippen LogP contribution < -0.4 is 14.8 Å². The minimum absolute atomic E-state index is 0. The molecule has 1 unspecified atom stereocenters. The van der Waals surface area contributed by atoms with Gasteiger partial charge < -0.3 is 25.0 Å². The summed E-state index contributed by atoms with van der Waals surface area (Å²) in [5, 5.41) is 22.5. The van der Waals surface area contributed by atoms with Gasteiger partial charge in [0.15, 0.2) is 11.5 Å². The molecular weight excluding hydrogens is 318 g/mol. The van der Waals surface area contributed by atoms with E-state index in [9.17, 15) is 10.2 Å². The molecule has 0 radical (unpaired) electrons. The summed E-state index contributed by atoms with van der Waals surface area (Å²) in [4.78, 5) is 0. The van der Waals surface area contributed by atoms with Gasteiger partial charge in [-0.2, -0.15) is 0 Å². The van der Waals surface area contributed by atoms with Gasteiger partial charge in [0, 0.05) is 6.42 Å². The van der Waals surface area contributed by atoms with Gasteiger partial charge in [0.25, 0.3) is 0 Å². The fraction of sp³-hybridized carbons (Fsp3) is 0.294. The molecule has 0 saturated carbocycles. The maximum atomic E-state index is 9.89. The number of phenolic OH excluding ortho intramolecular Hbond substituents is 2. The SMILES string of the molecule is CNCCC(Oc1cccc(O)c1O)c1ccc(OC)cc1.Cl. The summed E-state index contributed by atoms with van der Waals surface area (Å²) in [5.74, 6) is 0.596. The summed E-state index contributed by atoms with van der Waals surface area (Å²) >= 11 is 0. The third-order valence-corrected chi connectivity index (χ3v) is 3.39. The molecule has 0 spiro atoms. The van der Waals surface area contributed by atoms with E-state index in [2.05, 4.69) is 5.32 Å². The molecule has 0 aromatic heterocycles. The summed E-state index contributed by atoms with van der Waals surface area (Å²) in [6.07, 6.45) is 0.476. The number of halogens is 1. The second-order valence-electron chi connectivity index (χ2n) is 4.90. The number of para-hydroxylation sites is 1. The van der Waals surface area contributed by atoms with Crippen LogP contribution in [0.2, 0.25) is 0 Å². The maximum absolute atomic E-state index is 9.89. The Labute approximate surface area is 142 Å². The molecule has 0 amide bonds. The maximum Gasteiger partial charge on any atom is 0.200 e. The average Bonchev–Trinajstić information content (AvgIpc) is 2.55. The van der Waals surface area contributed by atoms with Gasteiger partial charge >= 0.3 is 0 Å². The van der Waals surface area contributed by atoms with E-state index in [1.165, 1.54) is 6.07 Å². The Morgan fingerprint density at radius 2 is 1.78 bits per heavy atom. The smallest absolute Gasteiger partial charge is 0.200 e. The van der Waals surface area contributed by atoms with Crippen molar-refractivity contribution in [3.8, 4) is 23.0 Å². The zero-order valence-electron chi connectivity index (χ0n) is 13.2. The molecule has 2 aromatic carbocycles. The Morgan fingerprint density at radius 1 is 1.09 bits per heavy atom. The topological polar surface area (TPSA) is 71.0 Å². The van der Waals surface area contributed by atoms with Crippen molar-refractivity contribution in [2.75, 3.05) is 20.7 Å². The van der Waals surface area contributed by atoms with E-state index in [4.69, 9.17) is 9.47 Å². The van der Waals surface area contributed by atoms with E-state index in [-0.39, 0.29) is 35.8 Å². The van der Waals surface area contributed by atoms with Crippen LogP contribution in [0.5, 0.6) is 23.0 Å². The van der Waals surface area contributed by atoms with Gasteiger partial charge in [-0.3, -0.25) is 0 Å². The molecule has 5 nitrogen and oxygen atoms in total. The van der Waals surface area contributed by atoms with Crippen molar-refractivity contribution in [3.63, 3.8) is 0 Å². The molecule has 126 valence electrons. The normalized spacial score (nSPS) is 11.4. The molecule has 0 aliphatic heterocycles. The Morgan fingerprint density at radius 3 is 2.39 bits per heavy atom. The second-order valence-corrected chi connectivity index (χ2v) is 4.90. The van der Waals surface area contributed by atoms with Crippen LogP contribution in [0.25, 0.3) is 0 Å². The molecule has 0 heterocycles. The van der Waals surface area contributed by atoms with Crippen LogP contribution in [0.15, 0.2) is 42.5 Å². The van der Waals surface area contributed by atoms with Crippen molar-refractivity contribution in [2.24, 2.45) is 0 Å². The highest BCUT2D eigenvalue weighted by Gasteiger charge is 2.16. The molecule has 0 aliphatic rings. The number of rotatable bonds is 7. The first kappa shape index (κ1) is 18.9. The van der Waals surface area contributed by atoms with Crippen molar-refractivity contribution < 1.29 is 19.7 Å². The molecular formula is C17H22ClNO4. The predicted octanol–water partition coefficient (Wildman–Crippen LogP) is 3.26. The first-order valence-corrected chi connectivity index (χ1v) is 7.12. The standard InChI is InChI=1S/C17H21NO4.ClH/c1-18-11-10-15(12-6-8-13(21-2)9-7-12)22-16-5-3-4-14(19)17(16)20;/h3-9,15,18-20H,10-11H2,1-2H3;1H. The summed E-state index contributed by atoms with van der Waals surface area (Å²) < 4.78 is 11.1. The lowest BCUT2D eigenvalue weighted by atomic mass is 10.1. The Bertz CT molecular complexity index is 604. The monoisotopic (exact) mass is 339 g/mol. The third-order valence-electron chi connectivity index (χ3n) is 3.39. The molecule has 23 heavy (non-hydrogen) atoms. The molecule has 0 aliphatic carbocycles. The van der Waals surface area contributed by atoms with E-state index in [0.29, 0.717) is 0 Å². The van der Waals surface area contributed by atoms with Gasteiger partial charge in [-0.25, -0.2) is 0 Å². The number of benzene rings is 2. The van der Waals surface area contributed by atoms with Crippen molar-refractivity contribution in [2.45, 2.75) is 12.5 Å². The number of hydrogen-bond acceptors (Lipinski definition) is 5. The van der Waals surface area contributed by atoms with E-state index < -0.39 is 0 Å². The van der Waals surface area contributed by atoms with Gasteiger partial charge in [-0.1, -0.05) is 18.2 Å². The third kappa shape index (κ3) is 4.94. The van der Waals surface area contributed by atoms with Crippen molar-refractivity contribution in [1.82, 2.24) is 5.32 Å². The first-order chi connectivity index (χ1) is 10.7. The molecule has 0 bridgehead atoms. The van der Waals surface area contributed by atoms with Gasteiger partial charge in [0.05, 0.1) is 7.11 Å². The number of hydrogen-bond donors (Lipinski definition) is 3. The zero-order valence-corrected chi connectivity index (χ0v) is 14.0. The molecule has 0 saturated heterocycles. The van der Waals surface area contributed by atoms with Crippen molar-refractivity contribution in [3.05, 3.63) is 48.0 Å². The number of phenols is 2. The van der Waals surface area contributed by atoms with Crippen LogP contribution in [0.1, 0.15) is 18.1 Å².